The summed E-state index contributed by atoms with van der Waals surface area (Å²) in [5, 5.41) is 4.72. The molecule has 4 rings (SSSR count). The molecule has 1 amide bonds. The number of carbonyl (C=O) groups excluding carboxylic acids is 1. The molecule has 5 nitrogen and oxygen atoms in total. The molecule has 1 saturated heterocycles. The number of amides is 1. The van der Waals surface area contributed by atoms with Crippen LogP contribution in [0.5, 0.6) is 0 Å². The highest BCUT2D eigenvalue weighted by molar-refractivity contribution is 7.99. The van der Waals surface area contributed by atoms with E-state index in [1.165, 1.54) is 12.1 Å². The quantitative estimate of drug-likeness (QED) is 0.483. The van der Waals surface area contributed by atoms with E-state index in [0.29, 0.717) is 23.7 Å². The van der Waals surface area contributed by atoms with Crippen molar-refractivity contribution in [3.05, 3.63) is 53.3 Å². The second kappa shape index (κ2) is 10.6. The fourth-order valence-corrected chi connectivity index (χ4v) is 5.60. The van der Waals surface area contributed by atoms with Crippen LogP contribution in [0.2, 0.25) is 5.02 Å². The van der Waals surface area contributed by atoms with Crippen molar-refractivity contribution in [2.45, 2.75) is 11.3 Å². The van der Waals surface area contributed by atoms with Crippen molar-refractivity contribution >= 4 is 56.0 Å². The Morgan fingerprint density at radius 3 is 2.68 bits per heavy atom. The van der Waals surface area contributed by atoms with Gasteiger partial charge in [-0.25, -0.2) is 9.37 Å². The van der Waals surface area contributed by atoms with Crippen LogP contribution in [-0.2, 0) is 4.79 Å². The van der Waals surface area contributed by atoms with E-state index in [9.17, 15) is 9.18 Å². The van der Waals surface area contributed by atoms with Crippen molar-refractivity contribution in [2.75, 3.05) is 49.9 Å². The summed E-state index contributed by atoms with van der Waals surface area (Å²) in [6.07, 6.45) is 0.454. The van der Waals surface area contributed by atoms with E-state index in [4.69, 9.17) is 16.6 Å². The number of nitrogens with one attached hydrogen (secondary N) is 1. The number of halogens is 2. The number of para-hydroxylation sites is 1. The number of piperazine rings is 1. The standard InChI is InChI=1S/C22H24ClFN4OS2/c23-18-2-1-3-19-21(18)26-22(31-19)28-13-11-27(12-14-28)10-9-25-20(29)8-15-30-17-6-4-16(24)5-7-17/h1-7H,8-15H2,(H,25,29). The van der Waals surface area contributed by atoms with Crippen molar-refractivity contribution < 1.29 is 9.18 Å². The van der Waals surface area contributed by atoms with Gasteiger partial charge >= 0.3 is 0 Å². The third kappa shape index (κ3) is 6.10. The van der Waals surface area contributed by atoms with Crippen LogP contribution in [0.4, 0.5) is 9.52 Å². The maximum Gasteiger partial charge on any atom is 0.220 e. The Kier molecular flexibility index (Phi) is 7.66. The van der Waals surface area contributed by atoms with Crippen molar-refractivity contribution in [1.82, 2.24) is 15.2 Å². The van der Waals surface area contributed by atoms with Crippen LogP contribution in [0.25, 0.3) is 10.2 Å². The van der Waals surface area contributed by atoms with Gasteiger partial charge in [-0.1, -0.05) is 29.0 Å². The summed E-state index contributed by atoms with van der Waals surface area (Å²) in [6.45, 7) is 5.21. The Balaban J connectivity index is 1.13. The predicted molar refractivity (Wildman–Crippen MR) is 128 cm³/mol. The molecule has 1 aliphatic heterocycles. The smallest absolute Gasteiger partial charge is 0.220 e. The molecule has 164 valence electrons. The summed E-state index contributed by atoms with van der Waals surface area (Å²) in [4.78, 5) is 22.4. The SMILES string of the molecule is O=C(CCSc1ccc(F)cc1)NCCN1CCN(c2nc3c(Cl)cccc3s2)CC1. The Bertz CT molecular complexity index is 1020. The number of rotatable bonds is 8. The first kappa shape index (κ1) is 22.3. The van der Waals surface area contributed by atoms with Gasteiger partial charge in [0.25, 0.3) is 0 Å². The number of anilines is 1. The number of hydrogen-bond donors (Lipinski definition) is 1. The first-order chi connectivity index (χ1) is 15.1. The molecular weight excluding hydrogens is 455 g/mol. The second-order valence-corrected chi connectivity index (χ2v) is 9.90. The van der Waals surface area contributed by atoms with Gasteiger partial charge in [0, 0.05) is 56.3 Å². The molecule has 2 aromatic carbocycles. The van der Waals surface area contributed by atoms with E-state index in [1.54, 1.807) is 35.2 Å². The lowest BCUT2D eigenvalue weighted by Gasteiger charge is -2.34. The molecule has 1 fully saturated rings. The first-order valence-electron chi connectivity index (χ1n) is 10.3. The third-order valence-electron chi connectivity index (χ3n) is 5.16. The van der Waals surface area contributed by atoms with Gasteiger partial charge in [-0.2, -0.15) is 0 Å². The molecule has 1 N–H and O–H groups in total. The highest BCUT2D eigenvalue weighted by Gasteiger charge is 2.20. The zero-order valence-electron chi connectivity index (χ0n) is 17.0. The van der Waals surface area contributed by atoms with Crippen LogP contribution in [0, 0.1) is 5.82 Å². The van der Waals surface area contributed by atoms with Crippen molar-refractivity contribution in [3.63, 3.8) is 0 Å². The molecule has 2 heterocycles. The maximum absolute atomic E-state index is 12.9. The molecule has 0 unspecified atom stereocenters. The number of benzene rings is 2. The fourth-order valence-electron chi connectivity index (χ4n) is 3.44. The van der Waals surface area contributed by atoms with E-state index < -0.39 is 0 Å². The minimum Gasteiger partial charge on any atom is -0.355 e. The summed E-state index contributed by atoms with van der Waals surface area (Å²) in [5.41, 5.74) is 0.881. The van der Waals surface area contributed by atoms with E-state index in [0.717, 1.165) is 53.0 Å². The van der Waals surface area contributed by atoms with E-state index in [1.807, 2.05) is 12.1 Å². The molecule has 9 heteroatoms. The minimum absolute atomic E-state index is 0.0552. The first-order valence-corrected chi connectivity index (χ1v) is 12.4. The molecule has 0 saturated carbocycles. The van der Waals surface area contributed by atoms with Gasteiger partial charge in [-0.3, -0.25) is 9.69 Å². The van der Waals surface area contributed by atoms with E-state index >= 15 is 0 Å². The molecule has 0 atom stereocenters. The van der Waals surface area contributed by atoms with Crippen LogP contribution < -0.4 is 10.2 Å². The maximum atomic E-state index is 12.9. The van der Waals surface area contributed by atoms with Gasteiger partial charge in [0.05, 0.1) is 9.72 Å². The fraction of sp³-hybridized carbons (Fsp3) is 0.364. The number of nitrogens with zero attached hydrogens (tertiary/aromatic N) is 3. The lowest BCUT2D eigenvalue weighted by atomic mass is 10.3. The largest absolute Gasteiger partial charge is 0.355 e. The van der Waals surface area contributed by atoms with Gasteiger partial charge < -0.3 is 10.2 Å². The minimum atomic E-state index is -0.243. The molecule has 0 radical (unpaired) electrons. The van der Waals surface area contributed by atoms with Crippen LogP contribution in [0.15, 0.2) is 47.4 Å². The van der Waals surface area contributed by atoms with Crippen LogP contribution in [0.3, 0.4) is 0 Å². The lowest BCUT2D eigenvalue weighted by Crippen LogP contribution is -2.48. The molecule has 0 aliphatic carbocycles. The second-order valence-electron chi connectivity index (χ2n) is 7.31. The highest BCUT2D eigenvalue weighted by atomic mass is 35.5. The number of thiazole rings is 1. The zero-order chi connectivity index (χ0) is 21.6. The monoisotopic (exact) mass is 478 g/mol. The topological polar surface area (TPSA) is 48.5 Å². The lowest BCUT2D eigenvalue weighted by molar-refractivity contribution is -0.120. The summed E-state index contributed by atoms with van der Waals surface area (Å²) >= 11 is 9.50. The predicted octanol–water partition coefficient (Wildman–Crippen LogP) is 4.51. The molecule has 0 spiro atoms. The van der Waals surface area contributed by atoms with Crippen molar-refractivity contribution in [3.8, 4) is 0 Å². The average molecular weight is 479 g/mol. The molecule has 1 aromatic heterocycles. The van der Waals surface area contributed by atoms with Crippen molar-refractivity contribution in [2.24, 2.45) is 0 Å². The number of fused-ring (bicyclic) bond motifs is 1. The zero-order valence-corrected chi connectivity index (χ0v) is 19.4. The number of hydrogen-bond acceptors (Lipinski definition) is 6. The van der Waals surface area contributed by atoms with Gasteiger partial charge in [0.1, 0.15) is 11.3 Å². The van der Waals surface area contributed by atoms with Crippen LogP contribution in [-0.4, -0.2) is 60.8 Å². The Hall–Kier alpha value is -1.87. The molecule has 0 bridgehead atoms. The molecular formula is C22H24ClFN4OS2. The summed E-state index contributed by atoms with van der Waals surface area (Å²) < 4.78 is 14.0. The van der Waals surface area contributed by atoms with Crippen molar-refractivity contribution in [1.29, 1.82) is 0 Å². The number of carbonyl (C=O) groups is 1. The highest BCUT2D eigenvalue weighted by Crippen LogP contribution is 2.33. The van der Waals surface area contributed by atoms with Gasteiger partial charge in [0.2, 0.25) is 5.91 Å². The Morgan fingerprint density at radius 2 is 1.94 bits per heavy atom. The Morgan fingerprint density at radius 1 is 1.16 bits per heavy atom. The molecule has 3 aromatic rings. The molecule has 1 aliphatic rings. The number of aromatic nitrogens is 1. The van der Waals surface area contributed by atoms with Crippen LogP contribution >= 0.6 is 34.7 Å². The van der Waals surface area contributed by atoms with Gasteiger partial charge in [0.15, 0.2) is 5.13 Å². The molecule has 31 heavy (non-hydrogen) atoms. The normalized spacial score (nSPS) is 14.8. The number of thioether (sulfide) groups is 1. The summed E-state index contributed by atoms with van der Waals surface area (Å²) in [6, 6.07) is 12.2. The van der Waals surface area contributed by atoms with Gasteiger partial charge in [-0.05, 0) is 36.4 Å². The van der Waals surface area contributed by atoms with Gasteiger partial charge in [-0.15, -0.1) is 11.8 Å². The van der Waals surface area contributed by atoms with E-state index in [-0.39, 0.29) is 11.7 Å². The van der Waals surface area contributed by atoms with Crippen LogP contribution in [0.1, 0.15) is 6.42 Å². The summed E-state index contributed by atoms with van der Waals surface area (Å²) in [5.74, 6) is 0.495. The third-order valence-corrected chi connectivity index (χ3v) is 7.56. The average Bonchev–Trinajstić information content (AvgIpc) is 3.21. The summed E-state index contributed by atoms with van der Waals surface area (Å²) in [7, 11) is 0. The van der Waals surface area contributed by atoms with E-state index in [2.05, 4.69) is 21.2 Å². The Labute approximate surface area is 194 Å².